The van der Waals surface area contributed by atoms with Crippen LogP contribution in [0.15, 0.2) is 18.2 Å². The molecule has 0 aliphatic rings. The van der Waals surface area contributed by atoms with Gasteiger partial charge in [0.15, 0.2) is 5.82 Å². The van der Waals surface area contributed by atoms with Gasteiger partial charge in [-0.3, -0.25) is 14.0 Å². The molecule has 2 unspecified atom stereocenters. The van der Waals surface area contributed by atoms with Gasteiger partial charge in [-0.2, -0.15) is 0 Å². The number of unbranched alkanes of at least 4 members (excludes halogenated alkanes) is 1. The fraction of sp³-hybridized carbons (Fsp3) is 0.593. The third-order valence-electron chi connectivity index (χ3n) is 6.36. The number of aliphatic hydroxyl groups excluding tert-OH is 1. The first-order valence-electron chi connectivity index (χ1n) is 13.4. The summed E-state index contributed by atoms with van der Waals surface area (Å²) in [6.45, 7) is 11.1. The number of rotatable bonds is 15. The second-order valence-corrected chi connectivity index (χ2v) is 10.2. The number of amides is 2. The molecule has 0 aliphatic carbocycles. The Hall–Kier alpha value is -3.51. The zero-order valence-corrected chi connectivity index (χ0v) is 23.7. The number of carbonyl (C=O) groups excluding carboxylic acids is 2. The summed E-state index contributed by atoms with van der Waals surface area (Å²) in [5.41, 5.74) is 2.27. The number of methoxy groups -OCH3 is 1. The lowest BCUT2D eigenvalue weighted by Crippen LogP contribution is -2.53. The summed E-state index contributed by atoms with van der Waals surface area (Å²) in [6, 6.07) is 5.01. The Balaban J connectivity index is 1.56. The molecular formula is C27H41N7O5. The maximum Gasteiger partial charge on any atom is 0.249 e. The predicted octanol–water partition coefficient (Wildman–Crippen LogP) is 2.08. The van der Waals surface area contributed by atoms with Crippen LogP contribution >= 0.6 is 0 Å². The summed E-state index contributed by atoms with van der Waals surface area (Å²) in [7, 11) is 1.63. The van der Waals surface area contributed by atoms with Gasteiger partial charge in [-0.1, -0.05) is 27.7 Å². The van der Waals surface area contributed by atoms with Crippen LogP contribution in [0.25, 0.3) is 16.7 Å². The first kappa shape index (κ1) is 30.0. The molecule has 4 N–H and O–H groups in total. The molecule has 0 fully saturated rings. The van der Waals surface area contributed by atoms with E-state index < -0.39 is 18.1 Å². The number of anilines is 1. The number of fused-ring (bicyclic) bond motifs is 3. The normalized spacial score (nSPS) is 13.2. The van der Waals surface area contributed by atoms with Gasteiger partial charge in [0.1, 0.15) is 30.3 Å². The number of aliphatic hydroxyl groups is 1. The van der Waals surface area contributed by atoms with E-state index in [0.717, 1.165) is 29.7 Å². The quantitative estimate of drug-likeness (QED) is 0.211. The third-order valence-corrected chi connectivity index (χ3v) is 6.36. The Kier molecular flexibility index (Phi) is 10.8. The van der Waals surface area contributed by atoms with Crippen molar-refractivity contribution in [2.75, 3.05) is 38.7 Å². The van der Waals surface area contributed by atoms with Crippen LogP contribution in [0, 0.1) is 18.8 Å². The minimum atomic E-state index is -1.15. The first-order valence-corrected chi connectivity index (χ1v) is 13.4. The summed E-state index contributed by atoms with van der Waals surface area (Å²) in [5, 5.41) is 27.4. The molecule has 2 amide bonds. The van der Waals surface area contributed by atoms with E-state index in [-0.39, 0.29) is 17.7 Å². The van der Waals surface area contributed by atoms with Crippen LogP contribution in [0.2, 0.25) is 0 Å². The van der Waals surface area contributed by atoms with Crippen LogP contribution in [0.1, 0.15) is 46.4 Å². The molecule has 2 atom stereocenters. The van der Waals surface area contributed by atoms with Crippen LogP contribution in [-0.4, -0.2) is 82.1 Å². The molecule has 0 bridgehead atoms. The second-order valence-electron chi connectivity index (χ2n) is 10.2. The van der Waals surface area contributed by atoms with E-state index in [1.165, 1.54) is 0 Å². The monoisotopic (exact) mass is 543 g/mol. The molecule has 1 aromatic carbocycles. The van der Waals surface area contributed by atoms with Gasteiger partial charge in [0.05, 0.1) is 17.6 Å². The molecular weight excluding hydrogens is 502 g/mol. The topological polar surface area (TPSA) is 152 Å². The standard InChI is InChI=1S/C27H41N7O5/c1-16(2)22(31-27(37)23(35)17(3)4)26(36)29-12-8-7-11-28-24-25-33-32-18(5)34(25)21-10-9-19(15-20(21)30-24)39-14-13-38-6/h9-10,15-17,22-23,35H,7-8,11-14H2,1-6H3,(H,28,30)(H,29,36)(H,31,37). The maximum atomic E-state index is 12.7. The smallest absolute Gasteiger partial charge is 0.249 e. The average Bonchev–Trinajstić information content (AvgIpc) is 3.30. The zero-order valence-electron chi connectivity index (χ0n) is 23.7. The van der Waals surface area contributed by atoms with Gasteiger partial charge < -0.3 is 30.5 Å². The number of aryl methyl sites for hydroxylation is 1. The number of ether oxygens (including phenoxy) is 2. The van der Waals surface area contributed by atoms with Gasteiger partial charge in [0.25, 0.3) is 0 Å². The molecule has 3 aromatic rings. The molecule has 2 aromatic heterocycles. The largest absolute Gasteiger partial charge is 0.491 e. The minimum Gasteiger partial charge on any atom is -0.491 e. The lowest BCUT2D eigenvalue weighted by atomic mass is 10.0. The Labute approximate surface area is 228 Å². The van der Waals surface area contributed by atoms with E-state index in [2.05, 4.69) is 26.1 Å². The zero-order chi connectivity index (χ0) is 28.5. The number of nitrogens with zero attached hydrogens (tertiary/aromatic N) is 4. The highest BCUT2D eigenvalue weighted by molar-refractivity contribution is 5.89. The van der Waals surface area contributed by atoms with Crippen molar-refractivity contribution in [2.45, 2.75) is 59.6 Å². The van der Waals surface area contributed by atoms with E-state index in [9.17, 15) is 14.7 Å². The molecule has 2 heterocycles. The summed E-state index contributed by atoms with van der Waals surface area (Å²) in [5.74, 6) is 0.931. The number of carbonyl (C=O) groups is 2. The Morgan fingerprint density at radius 3 is 2.46 bits per heavy atom. The molecule has 0 saturated carbocycles. The van der Waals surface area contributed by atoms with Crippen molar-refractivity contribution in [2.24, 2.45) is 11.8 Å². The summed E-state index contributed by atoms with van der Waals surface area (Å²) in [4.78, 5) is 29.7. The highest BCUT2D eigenvalue weighted by atomic mass is 16.5. The average molecular weight is 544 g/mol. The summed E-state index contributed by atoms with van der Waals surface area (Å²) >= 11 is 0. The van der Waals surface area contributed by atoms with Gasteiger partial charge in [-0.05, 0) is 43.7 Å². The van der Waals surface area contributed by atoms with E-state index in [4.69, 9.17) is 14.5 Å². The van der Waals surface area contributed by atoms with Crippen molar-refractivity contribution in [3.8, 4) is 5.75 Å². The molecule has 3 rings (SSSR count). The third kappa shape index (κ3) is 7.76. The molecule has 0 spiro atoms. The van der Waals surface area contributed by atoms with Crippen LogP contribution in [0.3, 0.4) is 0 Å². The van der Waals surface area contributed by atoms with Crippen molar-refractivity contribution in [1.29, 1.82) is 0 Å². The molecule has 12 nitrogen and oxygen atoms in total. The molecule has 12 heteroatoms. The van der Waals surface area contributed by atoms with E-state index >= 15 is 0 Å². The van der Waals surface area contributed by atoms with E-state index in [1.54, 1.807) is 21.0 Å². The summed E-state index contributed by atoms with van der Waals surface area (Å²) in [6.07, 6.45) is 0.341. The number of aromatic nitrogens is 4. The molecule has 0 radical (unpaired) electrons. The lowest BCUT2D eigenvalue weighted by molar-refractivity contribution is -0.136. The van der Waals surface area contributed by atoms with Crippen molar-refractivity contribution in [3.05, 3.63) is 24.0 Å². The van der Waals surface area contributed by atoms with Gasteiger partial charge in [-0.25, -0.2) is 4.98 Å². The van der Waals surface area contributed by atoms with Crippen molar-refractivity contribution >= 4 is 34.3 Å². The number of hydrogen-bond acceptors (Lipinski definition) is 9. The molecule has 214 valence electrons. The Morgan fingerprint density at radius 2 is 1.77 bits per heavy atom. The Bertz CT molecular complexity index is 1260. The number of hydrogen-bond donors (Lipinski definition) is 4. The van der Waals surface area contributed by atoms with Gasteiger partial charge in [-0.15, -0.1) is 10.2 Å². The highest BCUT2D eigenvalue weighted by Gasteiger charge is 2.28. The molecule has 0 saturated heterocycles. The van der Waals surface area contributed by atoms with Gasteiger partial charge in [0, 0.05) is 26.3 Å². The van der Waals surface area contributed by atoms with E-state index in [0.29, 0.717) is 43.5 Å². The maximum absolute atomic E-state index is 12.7. The van der Waals surface area contributed by atoms with Crippen LogP contribution in [0.4, 0.5) is 5.82 Å². The van der Waals surface area contributed by atoms with Crippen LogP contribution < -0.4 is 20.7 Å². The van der Waals surface area contributed by atoms with Crippen molar-refractivity contribution in [1.82, 2.24) is 30.2 Å². The lowest BCUT2D eigenvalue weighted by Gasteiger charge is -2.24. The molecule has 0 aliphatic heterocycles. The van der Waals surface area contributed by atoms with Gasteiger partial charge in [0.2, 0.25) is 17.5 Å². The number of nitrogens with one attached hydrogen (secondary N) is 3. The van der Waals surface area contributed by atoms with Crippen molar-refractivity contribution in [3.63, 3.8) is 0 Å². The SMILES string of the molecule is COCCOc1ccc2c(c1)nc(NCCCCNC(=O)C(NC(=O)C(O)C(C)C)C(C)C)c1nnc(C)n12. The summed E-state index contributed by atoms with van der Waals surface area (Å²) < 4.78 is 12.8. The Morgan fingerprint density at radius 1 is 1.03 bits per heavy atom. The fourth-order valence-electron chi connectivity index (χ4n) is 4.06. The van der Waals surface area contributed by atoms with Crippen molar-refractivity contribution < 1.29 is 24.2 Å². The van der Waals surface area contributed by atoms with Crippen LogP contribution in [0.5, 0.6) is 5.75 Å². The number of benzene rings is 1. The fourth-order valence-corrected chi connectivity index (χ4v) is 4.06. The highest BCUT2D eigenvalue weighted by Crippen LogP contribution is 2.25. The second kappa shape index (κ2) is 14.0. The molecule has 39 heavy (non-hydrogen) atoms. The van der Waals surface area contributed by atoms with Gasteiger partial charge >= 0.3 is 0 Å². The first-order chi connectivity index (χ1) is 18.6. The van der Waals surface area contributed by atoms with Crippen LogP contribution in [-0.2, 0) is 14.3 Å². The minimum absolute atomic E-state index is 0.117. The predicted molar refractivity (Wildman–Crippen MR) is 149 cm³/mol. The van der Waals surface area contributed by atoms with E-state index in [1.807, 2.05) is 43.4 Å².